The maximum absolute atomic E-state index is 12.6. The highest BCUT2D eigenvalue weighted by atomic mass is 79.9. The number of hydrogen-bond acceptors (Lipinski definition) is 3. The third-order valence-electron chi connectivity index (χ3n) is 4.09. The molecule has 1 aliphatic heterocycles. The smallest absolute Gasteiger partial charge is 0.237 e. The van der Waals surface area contributed by atoms with Gasteiger partial charge in [-0.2, -0.15) is 0 Å². The molecule has 1 aromatic carbocycles. The van der Waals surface area contributed by atoms with Gasteiger partial charge in [0, 0.05) is 9.65 Å². The van der Waals surface area contributed by atoms with Gasteiger partial charge in [-0.1, -0.05) is 44.0 Å². The predicted octanol–water partition coefficient (Wildman–Crippen LogP) is 2.70. The van der Waals surface area contributed by atoms with E-state index in [-0.39, 0.29) is 33.3 Å². The van der Waals surface area contributed by atoms with Gasteiger partial charge in [0.25, 0.3) is 0 Å². The molecule has 3 rings (SSSR count). The number of halogens is 2. The van der Waals surface area contributed by atoms with E-state index in [1.165, 1.54) is 4.90 Å². The molecule has 6 heteroatoms. The molecule has 0 aromatic heterocycles. The monoisotopic (exact) mass is 400 g/mol. The fraction of sp³-hybridized carbons (Fsp3) is 0.429. The molecule has 1 aliphatic carbocycles. The molecule has 0 radical (unpaired) electrons. The first-order chi connectivity index (χ1) is 9.50. The Hall–Kier alpha value is -0.880. The maximum Gasteiger partial charge on any atom is 0.237 e. The van der Waals surface area contributed by atoms with Crippen molar-refractivity contribution in [2.24, 2.45) is 11.8 Å². The Morgan fingerprint density at radius 3 is 2.00 bits per heavy atom. The number of hydrogen-bond donors (Lipinski definition) is 1. The highest BCUT2D eigenvalue weighted by Crippen LogP contribution is 2.45. The fourth-order valence-corrected chi connectivity index (χ4v) is 4.26. The second kappa shape index (κ2) is 5.15. The average Bonchev–Trinajstić information content (AvgIpc) is 2.64. The van der Waals surface area contributed by atoms with Gasteiger partial charge in [-0.25, -0.2) is 4.90 Å². The maximum atomic E-state index is 12.6. The van der Waals surface area contributed by atoms with Gasteiger partial charge in [0.2, 0.25) is 11.8 Å². The first-order valence-electron chi connectivity index (χ1n) is 6.51. The molecule has 1 heterocycles. The van der Waals surface area contributed by atoms with Gasteiger partial charge in [-0.15, -0.1) is 0 Å². The minimum Gasteiger partial charge on any atom is -0.397 e. The number of anilines is 2. The van der Waals surface area contributed by atoms with Crippen LogP contribution in [0.3, 0.4) is 0 Å². The third kappa shape index (κ3) is 2.09. The van der Waals surface area contributed by atoms with Gasteiger partial charge in [-0.05, 0) is 25.0 Å². The molecule has 1 saturated heterocycles. The van der Waals surface area contributed by atoms with E-state index < -0.39 is 0 Å². The highest BCUT2D eigenvalue weighted by Gasteiger charge is 2.52. The quantitative estimate of drug-likeness (QED) is 0.447. The van der Waals surface area contributed by atoms with Gasteiger partial charge in [-0.3, -0.25) is 9.59 Å². The highest BCUT2D eigenvalue weighted by molar-refractivity contribution is 9.12. The normalized spacial score (nSPS) is 33.4. The molecule has 4 atom stereocenters. The molecule has 106 valence electrons. The van der Waals surface area contributed by atoms with Gasteiger partial charge >= 0.3 is 0 Å². The zero-order valence-electron chi connectivity index (χ0n) is 10.6. The Morgan fingerprint density at radius 1 is 1.00 bits per heavy atom. The number of nitrogens with zero attached hydrogens (tertiary/aromatic N) is 1. The van der Waals surface area contributed by atoms with Crippen molar-refractivity contribution in [2.75, 3.05) is 10.6 Å². The summed E-state index contributed by atoms with van der Waals surface area (Å²) in [6.07, 6.45) is 1.35. The Labute approximate surface area is 133 Å². The summed E-state index contributed by atoms with van der Waals surface area (Å²) in [4.78, 5) is 26.8. The van der Waals surface area contributed by atoms with Crippen LogP contribution in [0, 0.1) is 11.8 Å². The van der Waals surface area contributed by atoms with Crippen LogP contribution in [-0.2, 0) is 9.59 Å². The van der Waals surface area contributed by atoms with Crippen molar-refractivity contribution in [3.05, 3.63) is 24.3 Å². The predicted molar refractivity (Wildman–Crippen MR) is 85.0 cm³/mol. The Morgan fingerprint density at radius 2 is 1.50 bits per heavy atom. The molecular weight excluding hydrogens is 388 g/mol. The number of benzene rings is 1. The van der Waals surface area contributed by atoms with Gasteiger partial charge in [0.05, 0.1) is 23.2 Å². The van der Waals surface area contributed by atoms with Crippen molar-refractivity contribution < 1.29 is 9.59 Å². The van der Waals surface area contributed by atoms with Crippen LogP contribution in [0.25, 0.3) is 0 Å². The summed E-state index contributed by atoms with van der Waals surface area (Å²) in [6, 6.07) is 7.01. The van der Waals surface area contributed by atoms with Crippen LogP contribution in [0.4, 0.5) is 11.4 Å². The SMILES string of the molecule is Nc1ccccc1N1C(=O)[C@H]2C[C@H](Br)[C@@H](Br)C[C@H]2C1=O. The second-order valence-electron chi connectivity index (χ2n) is 5.29. The van der Waals surface area contributed by atoms with E-state index in [0.29, 0.717) is 24.2 Å². The first kappa shape index (κ1) is 14.1. The van der Waals surface area contributed by atoms with E-state index in [1.807, 2.05) is 0 Å². The van der Waals surface area contributed by atoms with Crippen LogP contribution in [0.15, 0.2) is 24.3 Å². The van der Waals surface area contributed by atoms with Crippen molar-refractivity contribution in [2.45, 2.75) is 22.5 Å². The lowest BCUT2D eigenvalue weighted by atomic mass is 9.81. The summed E-state index contributed by atoms with van der Waals surface area (Å²) in [5, 5.41) is 0. The summed E-state index contributed by atoms with van der Waals surface area (Å²) in [7, 11) is 0. The van der Waals surface area contributed by atoms with Gasteiger partial charge < -0.3 is 5.73 Å². The van der Waals surface area contributed by atoms with Crippen LogP contribution in [0.5, 0.6) is 0 Å². The molecule has 1 saturated carbocycles. The van der Waals surface area contributed by atoms with E-state index in [0.717, 1.165) is 0 Å². The molecule has 2 amide bonds. The minimum atomic E-state index is -0.236. The van der Waals surface area contributed by atoms with Crippen molar-refractivity contribution >= 4 is 55.0 Å². The van der Waals surface area contributed by atoms with Crippen LogP contribution in [-0.4, -0.2) is 21.5 Å². The van der Waals surface area contributed by atoms with Gasteiger partial charge in [0.1, 0.15) is 0 Å². The van der Waals surface area contributed by atoms with Crippen molar-refractivity contribution in [1.29, 1.82) is 0 Å². The second-order valence-corrected chi connectivity index (χ2v) is 7.64. The van der Waals surface area contributed by atoms with Crippen LogP contribution >= 0.6 is 31.9 Å². The average molecular weight is 402 g/mol. The molecule has 1 aromatic rings. The van der Waals surface area contributed by atoms with Crippen molar-refractivity contribution in [1.82, 2.24) is 0 Å². The van der Waals surface area contributed by atoms with E-state index in [2.05, 4.69) is 31.9 Å². The van der Waals surface area contributed by atoms with Crippen LogP contribution in [0.1, 0.15) is 12.8 Å². The Balaban J connectivity index is 1.97. The number of para-hydroxylation sites is 2. The van der Waals surface area contributed by atoms with Crippen molar-refractivity contribution in [3.63, 3.8) is 0 Å². The zero-order valence-corrected chi connectivity index (χ0v) is 13.8. The van der Waals surface area contributed by atoms with E-state index in [9.17, 15) is 9.59 Å². The number of amides is 2. The van der Waals surface area contributed by atoms with Crippen molar-refractivity contribution in [3.8, 4) is 0 Å². The molecule has 0 unspecified atom stereocenters. The van der Waals surface area contributed by atoms with Crippen LogP contribution < -0.4 is 10.6 Å². The summed E-state index contributed by atoms with van der Waals surface area (Å²) < 4.78 is 0. The summed E-state index contributed by atoms with van der Waals surface area (Å²) >= 11 is 7.15. The standard InChI is InChI=1S/C14H14Br2N2O2/c15-9-5-7-8(6-10(9)16)14(20)18(13(7)19)12-4-2-1-3-11(12)17/h1-4,7-10H,5-6,17H2/t7-,8+,9-,10-/m0/s1. The number of imide groups is 1. The summed E-state index contributed by atoms with van der Waals surface area (Å²) in [5.74, 6) is -0.718. The lowest BCUT2D eigenvalue weighted by Crippen LogP contribution is -2.34. The molecular formula is C14H14Br2N2O2. The largest absolute Gasteiger partial charge is 0.397 e. The number of alkyl halides is 2. The summed E-state index contributed by atoms with van der Waals surface area (Å²) in [6.45, 7) is 0. The fourth-order valence-electron chi connectivity index (χ4n) is 3.02. The topological polar surface area (TPSA) is 63.4 Å². The molecule has 2 N–H and O–H groups in total. The number of carbonyl (C=O) groups excluding carboxylic acids is 2. The first-order valence-corrected chi connectivity index (χ1v) is 8.34. The lowest BCUT2D eigenvalue weighted by molar-refractivity contribution is -0.122. The molecule has 4 nitrogen and oxygen atoms in total. The summed E-state index contributed by atoms with van der Waals surface area (Å²) in [5.41, 5.74) is 6.87. The zero-order chi connectivity index (χ0) is 14.4. The number of fused-ring (bicyclic) bond motifs is 1. The molecule has 20 heavy (non-hydrogen) atoms. The minimum absolute atomic E-state index is 0.123. The molecule has 2 fully saturated rings. The molecule has 0 spiro atoms. The van der Waals surface area contributed by atoms with Gasteiger partial charge in [0.15, 0.2) is 0 Å². The number of rotatable bonds is 1. The van der Waals surface area contributed by atoms with E-state index >= 15 is 0 Å². The Bertz CT molecular complexity index is 550. The number of carbonyl (C=O) groups is 2. The van der Waals surface area contributed by atoms with Crippen LogP contribution in [0.2, 0.25) is 0 Å². The molecule has 2 aliphatic rings. The molecule has 0 bridgehead atoms. The van der Waals surface area contributed by atoms with E-state index in [1.54, 1.807) is 24.3 Å². The van der Waals surface area contributed by atoms with E-state index in [4.69, 9.17) is 5.73 Å². The Kier molecular flexibility index (Phi) is 3.62. The third-order valence-corrected chi connectivity index (χ3v) is 6.82. The number of nitrogen functional groups attached to an aromatic ring is 1. The lowest BCUT2D eigenvalue weighted by Gasteiger charge is -2.29. The number of nitrogens with two attached hydrogens (primary N) is 1.